The van der Waals surface area contributed by atoms with E-state index in [0.717, 1.165) is 12.8 Å². The lowest BCUT2D eigenvalue weighted by Crippen LogP contribution is -2.50. The van der Waals surface area contributed by atoms with Crippen molar-refractivity contribution < 1.29 is 20.1 Å². The van der Waals surface area contributed by atoms with Gasteiger partial charge in [-0.2, -0.15) is 0 Å². The van der Waals surface area contributed by atoms with Crippen LogP contribution in [0.5, 0.6) is 0 Å². The molecule has 0 fully saturated rings. The topological polar surface area (TPSA) is 95.9 Å². The first-order chi connectivity index (χ1) is 26.0. The summed E-state index contributed by atoms with van der Waals surface area (Å²) in [6.07, 6.45) is 48.6. The standard InChI is InChI=1S/C42H86OS2.C4H11NO3/c1-5-9-11-13-15-17-19-21-23-25-27-29-31-33-35-37-39-44-41(7-3)43-42(8-4)45-40-38-36-34-32-30-28-26-24-22-20-18-16-14-12-10-6-2;5-4(1-6,2-7)3-8/h41-42H,5-40H2,1-4H3;6-8H,1-3,5H2. The molecule has 0 amide bonds. The number of nitrogens with two attached hydrogens (primary N) is 1. The molecule has 2 atom stereocenters. The van der Waals surface area contributed by atoms with Crippen LogP contribution in [-0.2, 0) is 4.74 Å². The van der Waals surface area contributed by atoms with Gasteiger partial charge in [-0.1, -0.05) is 220 Å². The molecule has 5 nitrogen and oxygen atoms in total. The first kappa shape index (κ1) is 55.6. The summed E-state index contributed by atoms with van der Waals surface area (Å²) in [4.78, 5) is 0. The molecule has 53 heavy (non-hydrogen) atoms. The maximum Gasteiger partial charge on any atom is 0.104 e. The Morgan fingerprint density at radius 3 is 0.755 bits per heavy atom. The first-order valence-corrected chi connectivity index (χ1v) is 25.6. The molecule has 0 aliphatic carbocycles. The first-order valence-electron chi connectivity index (χ1n) is 23.5. The van der Waals surface area contributed by atoms with E-state index in [-0.39, 0.29) is 0 Å². The van der Waals surface area contributed by atoms with E-state index in [1.165, 1.54) is 217 Å². The predicted molar refractivity (Wildman–Crippen MR) is 241 cm³/mol. The Balaban J connectivity index is 0. The molecule has 0 heterocycles. The maximum atomic E-state index is 8.34. The second-order valence-corrected chi connectivity index (χ2v) is 18.5. The van der Waals surface area contributed by atoms with Gasteiger partial charge in [-0.3, -0.25) is 0 Å². The van der Waals surface area contributed by atoms with Gasteiger partial charge in [0.25, 0.3) is 0 Å². The maximum absolute atomic E-state index is 8.34. The molecule has 7 heteroatoms. The van der Waals surface area contributed by atoms with Gasteiger partial charge in [0, 0.05) is 0 Å². The van der Waals surface area contributed by atoms with Crippen LogP contribution in [0.3, 0.4) is 0 Å². The van der Waals surface area contributed by atoms with Crippen LogP contribution in [-0.4, -0.2) is 63.1 Å². The van der Waals surface area contributed by atoms with Crippen molar-refractivity contribution in [1.82, 2.24) is 0 Å². The van der Waals surface area contributed by atoms with Crippen LogP contribution >= 0.6 is 23.5 Å². The Labute approximate surface area is 341 Å². The van der Waals surface area contributed by atoms with Crippen LogP contribution in [0.2, 0.25) is 0 Å². The fraction of sp³-hybridized carbons (Fsp3) is 1.00. The van der Waals surface area contributed by atoms with Crippen molar-refractivity contribution in [2.45, 2.75) is 262 Å². The quantitative estimate of drug-likeness (QED) is 0.0361. The highest BCUT2D eigenvalue weighted by Crippen LogP contribution is 2.27. The Bertz CT molecular complexity index is 603. The van der Waals surface area contributed by atoms with Crippen molar-refractivity contribution in [3.63, 3.8) is 0 Å². The van der Waals surface area contributed by atoms with Crippen molar-refractivity contribution in [3.8, 4) is 0 Å². The second-order valence-electron chi connectivity index (χ2n) is 16.0. The molecule has 0 aromatic heterocycles. The summed E-state index contributed by atoms with van der Waals surface area (Å²) < 4.78 is 6.53. The second kappa shape index (κ2) is 46.9. The van der Waals surface area contributed by atoms with Crippen molar-refractivity contribution in [2.75, 3.05) is 31.3 Å². The smallest absolute Gasteiger partial charge is 0.104 e. The molecule has 5 N–H and O–H groups in total. The molecule has 2 unspecified atom stereocenters. The van der Waals surface area contributed by atoms with Gasteiger partial charge < -0.3 is 25.8 Å². The lowest BCUT2D eigenvalue weighted by atomic mass is 10.0. The van der Waals surface area contributed by atoms with E-state index in [0.29, 0.717) is 10.9 Å². The molecule has 0 aliphatic rings. The summed E-state index contributed by atoms with van der Waals surface area (Å²) in [7, 11) is 0. The normalized spacial score (nSPS) is 12.9. The number of hydrogen-bond acceptors (Lipinski definition) is 7. The minimum Gasteiger partial charge on any atom is -0.394 e. The van der Waals surface area contributed by atoms with Gasteiger partial charge in [0.2, 0.25) is 0 Å². The predicted octanol–water partition coefficient (Wildman–Crippen LogP) is 14.1. The highest BCUT2D eigenvalue weighted by Gasteiger charge is 2.20. The Hall–Kier alpha value is 0.500. The third-order valence-electron chi connectivity index (χ3n) is 10.5. The monoisotopic (exact) mass is 792 g/mol. The Kier molecular flexibility index (Phi) is 49.2. The molecule has 0 aromatic rings. The number of aliphatic hydroxyl groups is 3. The minimum atomic E-state index is -1.21. The highest BCUT2D eigenvalue weighted by molar-refractivity contribution is 8.00. The lowest BCUT2D eigenvalue weighted by Gasteiger charge is -2.22. The van der Waals surface area contributed by atoms with E-state index < -0.39 is 25.4 Å². The summed E-state index contributed by atoms with van der Waals surface area (Å²) in [5, 5.41) is 25.0. The molecule has 0 bridgehead atoms. The van der Waals surface area contributed by atoms with Crippen LogP contribution < -0.4 is 5.73 Å². The molecular formula is C46H97NO4S2. The molecule has 0 spiro atoms. The summed E-state index contributed by atoms with van der Waals surface area (Å²) >= 11 is 4.16. The lowest BCUT2D eigenvalue weighted by molar-refractivity contribution is 0.0697. The van der Waals surface area contributed by atoms with E-state index in [1.807, 2.05) is 0 Å². The van der Waals surface area contributed by atoms with Gasteiger partial charge in [-0.15, -0.1) is 23.5 Å². The summed E-state index contributed by atoms with van der Waals surface area (Å²) in [5.74, 6) is 2.55. The van der Waals surface area contributed by atoms with Gasteiger partial charge in [-0.05, 0) is 37.2 Å². The van der Waals surface area contributed by atoms with Gasteiger partial charge in [0.1, 0.15) is 10.9 Å². The van der Waals surface area contributed by atoms with Crippen LogP contribution in [0, 0.1) is 0 Å². The average molecular weight is 792 g/mol. The van der Waals surface area contributed by atoms with Gasteiger partial charge in [0.05, 0.1) is 25.4 Å². The fourth-order valence-corrected chi connectivity index (χ4v) is 8.79. The number of unbranched alkanes of at least 4 members (excludes halogenated alkanes) is 30. The molecule has 0 aliphatic heterocycles. The molecule has 0 saturated carbocycles. The fourth-order valence-electron chi connectivity index (χ4n) is 6.56. The van der Waals surface area contributed by atoms with Crippen molar-refractivity contribution in [2.24, 2.45) is 5.73 Å². The minimum absolute atomic E-state index is 0.393. The van der Waals surface area contributed by atoms with Crippen molar-refractivity contribution in [1.29, 1.82) is 0 Å². The zero-order valence-corrected chi connectivity index (χ0v) is 38.0. The van der Waals surface area contributed by atoms with Gasteiger partial charge in [-0.25, -0.2) is 0 Å². The van der Waals surface area contributed by atoms with Crippen LogP contribution in [0.4, 0.5) is 0 Å². The van der Waals surface area contributed by atoms with Crippen molar-refractivity contribution in [3.05, 3.63) is 0 Å². The van der Waals surface area contributed by atoms with E-state index >= 15 is 0 Å². The number of thioether (sulfide) groups is 2. The highest BCUT2D eigenvalue weighted by atomic mass is 32.2. The SMILES string of the molecule is CCCCCCCCCCCCCCCCCCSC(CC)OC(CC)SCCCCCCCCCCCCCCCCCC.NC(CO)(CO)CO. The van der Waals surface area contributed by atoms with Crippen molar-refractivity contribution >= 4 is 23.5 Å². The van der Waals surface area contributed by atoms with E-state index in [2.05, 4.69) is 51.2 Å². The van der Waals surface area contributed by atoms with E-state index in [9.17, 15) is 0 Å². The molecule has 322 valence electrons. The number of hydrogen-bond donors (Lipinski definition) is 4. The third-order valence-corrected chi connectivity index (χ3v) is 13.2. The summed E-state index contributed by atoms with van der Waals surface area (Å²) in [6, 6.07) is 0. The van der Waals surface area contributed by atoms with Gasteiger partial charge in [0.15, 0.2) is 0 Å². The molecule has 0 aromatic carbocycles. The van der Waals surface area contributed by atoms with Crippen LogP contribution in [0.1, 0.15) is 246 Å². The molecule has 0 saturated heterocycles. The van der Waals surface area contributed by atoms with Crippen LogP contribution in [0.15, 0.2) is 0 Å². The third kappa shape index (κ3) is 43.5. The number of aliphatic hydroxyl groups excluding tert-OH is 3. The van der Waals surface area contributed by atoms with Crippen LogP contribution in [0.25, 0.3) is 0 Å². The van der Waals surface area contributed by atoms with Gasteiger partial charge >= 0.3 is 0 Å². The Morgan fingerprint density at radius 1 is 0.377 bits per heavy atom. The molecular weight excluding hydrogens is 695 g/mol. The average Bonchev–Trinajstić information content (AvgIpc) is 3.18. The zero-order valence-electron chi connectivity index (χ0n) is 36.4. The Morgan fingerprint density at radius 2 is 0.585 bits per heavy atom. The number of rotatable bonds is 43. The molecule has 0 radical (unpaired) electrons. The molecule has 0 rings (SSSR count). The largest absolute Gasteiger partial charge is 0.394 e. The number of ether oxygens (including phenoxy) is 1. The van der Waals surface area contributed by atoms with E-state index in [4.69, 9.17) is 25.8 Å². The zero-order chi connectivity index (χ0) is 39.4. The summed E-state index contributed by atoms with van der Waals surface area (Å²) in [5.41, 5.74) is 4.72. The summed E-state index contributed by atoms with van der Waals surface area (Å²) in [6.45, 7) is 8.01. The van der Waals surface area contributed by atoms with E-state index in [1.54, 1.807) is 0 Å².